The van der Waals surface area contributed by atoms with Crippen LogP contribution >= 0.6 is 0 Å². The fourth-order valence-electron chi connectivity index (χ4n) is 2.13. The number of ether oxygens (including phenoxy) is 2. The van der Waals surface area contributed by atoms with Gasteiger partial charge in [-0.25, -0.2) is 9.18 Å². The van der Waals surface area contributed by atoms with Crippen LogP contribution in [-0.2, 0) is 19.1 Å². The van der Waals surface area contributed by atoms with Crippen molar-refractivity contribution in [2.24, 2.45) is 0 Å². The Hall–Kier alpha value is -1.99. The van der Waals surface area contributed by atoms with Crippen molar-refractivity contribution in [2.75, 3.05) is 20.8 Å². The van der Waals surface area contributed by atoms with Crippen molar-refractivity contribution in [3.05, 3.63) is 35.1 Å². The van der Waals surface area contributed by atoms with Crippen LogP contribution in [0.2, 0.25) is 0 Å². The average Bonchev–Trinajstić information content (AvgIpc) is 2.45. The van der Waals surface area contributed by atoms with Crippen molar-refractivity contribution >= 4 is 11.9 Å². The van der Waals surface area contributed by atoms with E-state index in [0.717, 1.165) is 4.90 Å². The zero-order valence-electron chi connectivity index (χ0n) is 13.0. The minimum absolute atomic E-state index is 0.0753. The van der Waals surface area contributed by atoms with E-state index < -0.39 is 30.0 Å². The summed E-state index contributed by atoms with van der Waals surface area (Å²) in [6, 6.07) is 2.68. The second-order valence-corrected chi connectivity index (χ2v) is 4.84. The Balaban J connectivity index is 3.27. The highest BCUT2D eigenvalue weighted by molar-refractivity contribution is 5.83. The normalized spacial score (nSPS) is 12.3. The largest absolute Gasteiger partial charge is 0.479 e. The maximum absolute atomic E-state index is 14.0. The predicted octanol–water partition coefficient (Wildman–Crippen LogP) is 1.73. The summed E-state index contributed by atoms with van der Waals surface area (Å²) in [6.45, 7) is 2.80. The van der Waals surface area contributed by atoms with Crippen LogP contribution in [0, 0.1) is 12.7 Å². The van der Waals surface area contributed by atoms with Crippen LogP contribution in [-0.4, -0.2) is 48.9 Å². The molecular weight excluding hydrogens is 293 g/mol. The lowest BCUT2D eigenvalue weighted by Gasteiger charge is -2.31. The standard InChI is InChI=1S/C15H20FNO5/c1-9-5-6-12(16)11(7-9)14(15(19)20)17(10(2)18)8-13(21-3)22-4/h5-7,13-14H,8H2,1-4H3,(H,19,20). The van der Waals surface area contributed by atoms with Crippen molar-refractivity contribution in [3.63, 3.8) is 0 Å². The van der Waals surface area contributed by atoms with Gasteiger partial charge in [0.25, 0.3) is 0 Å². The lowest BCUT2D eigenvalue weighted by atomic mass is 10.0. The quantitative estimate of drug-likeness (QED) is 0.776. The molecule has 0 radical (unpaired) electrons. The maximum atomic E-state index is 14.0. The number of hydrogen-bond donors (Lipinski definition) is 1. The zero-order chi connectivity index (χ0) is 16.9. The summed E-state index contributed by atoms with van der Waals surface area (Å²) < 4.78 is 24.0. The summed E-state index contributed by atoms with van der Waals surface area (Å²) in [4.78, 5) is 24.5. The summed E-state index contributed by atoms with van der Waals surface area (Å²) in [6.07, 6.45) is -0.807. The highest BCUT2D eigenvalue weighted by Crippen LogP contribution is 2.26. The van der Waals surface area contributed by atoms with Crippen LogP contribution in [0.3, 0.4) is 0 Å². The van der Waals surface area contributed by atoms with Gasteiger partial charge in [0.05, 0.1) is 6.54 Å². The van der Waals surface area contributed by atoms with Crippen molar-refractivity contribution in [1.82, 2.24) is 4.90 Å². The molecule has 0 heterocycles. The molecule has 1 amide bonds. The number of halogens is 1. The minimum Gasteiger partial charge on any atom is -0.479 e. The monoisotopic (exact) mass is 313 g/mol. The number of carboxylic acid groups (broad SMARTS) is 1. The van der Waals surface area contributed by atoms with Crippen LogP contribution in [0.25, 0.3) is 0 Å². The summed E-state index contributed by atoms with van der Waals surface area (Å²) in [5.41, 5.74) is 0.620. The number of carbonyl (C=O) groups is 2. The van der Waals surface area contributed by atoms with Crippen molar-refractivity contribution < 1.29 is 28.6 Å². The molecule has 0 bridgehead atoms. The van der Waals surface area contributed by atoms with E-state index in [1.165, 1.54) is 39.3 Å². The first-order chi connectivity index (χ1) is 10.3. The molecule has 6 nitrogen and oxygen atoms in total. The summed E-state index contributed by atoms with van der Waals surface area (Å²) in [7, 11) is 2.74. The van der Waals surface area contributed by atoms with Gasteiger partial charge >= 0.3 is 5.97 Å². The van der Waals surface area contributed by atoms with Crippen molar-refractivity contribution in [3.8, 4) is 0 Å². The molecule has 0 aliphatic heterocycles. The SMILES string of the molecule is COC(CN(C(C)=O)C(C(=O)O)c1cc(C)ccc1F)OC. The Bertz CT molecular complexity index is 545. The first-order valence-corrected chi connectivity index (χ1v) is 6.63. The second kappa shape index (κ2) is 7.86. The highest BCUT2D eigenvalue weighted by atomic mass is 19.1. The van der Waals surface area contributed by atoms with Gasteiger partial charge < -0.3 is 19.5 Å². The predicted molar refractivity (Wildman–Crippen MR) is 76.7 cm³/mol. The summed E-state index contributed by atoms with van der Waals surface area (Å²) in [5.74, 6) is -2.53. The lowest BCUT2D eigenvalue weighted by molar-refractivity contribution is -0.160. The zero-order valence-corrected chi connectivity index (χ0v) is 13.0. The van der Waals surface area contributed by atoms with E-state index in [4.69, 9.17) is 9.47 Å². The van der Waals surface area contributed by atoms with Gasteiger partial charge in [-0.05, 0) is 13.0 Å². The smallest absolute Gasteiger partial charge is 0.331 e. The number of methoxy groups -OCH3 is 2. The van der Waals surface area contributed by atoms with Gasteiger partial charge in [-0.1, -0.05) is 17.7 Å². The van der Waals surface area contributed by atoms with E-state index in [-0.39, 0.29) is 12.1 Å². The van der Waals surface area contributed by atoms with Crippen LogP contribution in [0.4, 0.5) is 4.39 Å². The highest BCUT2D eigenvalue weighted by Gasteiger charge is 2.33. The van der Waals surface area contributed by atoms with Crippen LogP contribution in [0.1, 0.15) is 24.1 Å². The molecule has 0 aliphatic carbocycles. The first kappa shape index (κ1) is 18.1. The molecule has 0 aromatic heterocycles. The molecular formula is C15H20FNO5. The van der Waals surface area contributed by atoms with E-state index in [1.54, 1.807) is 6.92 Å². The Morgan fingerprint density at radius 3 is 2.36 bits per heavy atom. The van der Waals surface area contributed by atoms with Gasteiger partial charge in [0, 0.05) is 26.7 Å². The number of nitrogens with zero attached hydrogens (tertiary/aromatic N) is 1. The molecule has 0 saturated carbocycles. The Labute approximate surface area is 128 Å². The van der Waals surface area contributed by atoms with Gasteiger partial charge in [-0.3, -0.25) is 4.79 Å². The van der Waals surface area contributed by atoms with E-state index in [0.29, 0.717) is 5.56 Å². The van der Waals surface area contributed by atoms with Gasteiger partial charge in [-0.2, -0.15) is 0 Å². The summed E-state index contributed by atoms with van der Waals surface area (Å²) >= 11 is 0. The molecule has 7 heteroatoms. The van der Waals surface area contributed by atoms with Gasteiger partial charge in [0.1, 0.15) is 5.82 Å². The summed E-state index contributed by atoms with van der Waals surface area (Å²) in [5, 5.41) is 9.48. The number of aryl methyl sites for hydroxylation is 1. The molecule has 1 aromatic rings. The van der Waals surface area contributed by atoms with E-state index >= 15 is 0 Å². The third kappa shape index (κ3) is 4.25. The molecule has 0 fully saturated rings. The maximum Gasteiger partial charge on any atom is 0.331 e. The van der Waals surface area contributed by atoms with E-state index in [2.05, 4.69) is 0 Å². The molecule has 0 spiro atoms. The molecule has 122 valence electrons. The van der Waals surface area contributed by atoms with E-state index in [9.17, 15) is 19.1 Å². The molecule has 1 N–H and O–H groups in total. The molecule has 0 aliphatic rings. The van der Waals surface area contributed by atoms with Crippen LogP contribution in [0.15, 0.2) is 18.2 Å². The minimum atomic E-state index is -1.45. The molecule has 1 atom stereocenters. The Kier molecular flexibility index (Phi) is 6.45. The van der Waals surface area contributed by atoms with Crippen molar-refractivity contribution in [2.45, 2.75) is 26.2 Å². The molecule has 22 heavy (non-hydrogen) atoms. The number of aliphatic carboxylic acids is 1. The number of carbonyl (C=O) groups excluding carboxylic acids is 1. The van der Waals surface area contributed by atoms with E-state index in [1.807, 2.05) is 0 Å². The molecule has 1 aromatic carbocycles. The number of carboxylic acids is 1. The molecule has 1 rings (SSSR count). The number of hydrogen-bond acceptors (Lipinski definition) is 4. The number of rotatable bonds is 7. The topological polar surface area (TPSA) is 76.1 Å². The number of benzene rings is 1. The first-order valence-electron chi connectivity index (χ1n) is 6.63. The fourth-order valence-corrected chi connectivity index (χ4v) is 2.13. The number of amides is 1. The third-order valence-corrected chi connectivity index (χ3v) is 3.27. The lowest BCUT2D eigenvalue weighted by Crippen LogP contribution is -2.43. The Morgan fingerprint density at radius 1 is 1.32 bits per heavy atom. The van der Waals surface area contributed by atoms with Crippen LogP contribution in [0.5, 0.6) is 0 Å². The average molecular weight is 313 g/mol. The third-order valence-electron chi connectivity index (χ3n) is 3.27. The second-order valence-electron chi connectivity index (χ2n) is 4.84. The van der Waals surface area contributed by atoms with Crippen LogP contribution < -0.4 is 0 Å². The Morgan fingerprint density at radius 2 is 1.91 bits per heavy atom. The van der Waals surface area contributed by atoms with Gasteiger partial charge in [0.2, 0.25) is 5.91 Å². The van der Waals surface area contributed by atoms with Gasteiger partial charge in [0.15, 0.2) is 12.3 Å². The fraction of sp³-hybridized carbons (Fsp3) is 0.467. The molecule has 0 saturated heterocycles. The molecule has 1 unspecified atom stereocenters. The van der Waals surface area contributed by atoms with Crippen molar-refractivity contribution in [1.29, 1.82) is 0 Å². The van der Waals surface area contributed by atoms with Gasteiger partial charge in [-0.15, -0.1) is 0 Å².